The number of anilines is 1. The van der Waals surface area contributed by atoms with Crippen LogP contribution in [0, 0.1) is 15.9 Å². The summed E-state index contributed by atoms with van der Waals surface area (Å²) >= 11 is 0. The van der Waals surface area contributed by atoms with Crippen molar-refractivity contribution in [1.29, 1.82) is 0 Å². The van der Waals surface area contributed by atoms with E-state index in [2.05, 4.69) is 0 Å². The van der Waals surface area contributed by atoms with Gasteiger partial charge in [0.2, 0.25) is 0 Å². The highest BCUT2D eigenvalue weighted by atomic mass is 19.1. The smallest absolute Gasteiger partial charge is 0.326 e. The molecule has 1 heterocycles. The SMILES string of the molecule is O=C1N(CO)CCN1c1ccc([N+](=O)[O-])cc1F. The van der Waals surface area contributed by atoms with Crippen molar-refractivity contribution in [2.75, 3.05) is 24.7 Å². The van der Waals surface area contributed by atoms with Crippen LogP contribution in [0.4, 0.5) is 20.6 Å². The Hall–Kier alpha value is -2.22. The van der Waals surface area contributed by atoms with E-state index in [1.165, 1.54) is 6.07 Å². The van der Waals surface area contributed by atoms with E-state index in [1.54, 1.807) is 0 Å². The third-order valence-corrected chi connectivity index (χ3v) is 2.70. The number of carbonyl (C=O) groups is 1. The second kappa shape index (κ2) is 4.57. The van der Waals surface area contributed by atoms with Gasteiger partial charge in [-0.15, -0.1) is 0 Å². The van der Waals surface area contributed by atoms with E-state index >= 15 is 0 Å². The number of non-ortho nitro benzene ring substituents is 1. The highest BCUT2D eigenvalue weighted by molar-refractivity contribution is 5.94. The van der Waals surface area contributed by atoms with Crippen LogP contribution in [-0.2, 0) is 0 Å². The molecule has 0 radical (unpaired) electrons. The molecule has 0 atom stereocenters. The number of urea groups is 1. The topological polar surface area (TPSA) is 86.9 Å². The molecule has 18 heavy (non-hydrogen) atoms. The Morgan fingerprint density at radius 2 is 2.17 bits per heavy atom. The predicted molar refractivity (Wildman–Crippen MR) is 59.6 cm³/mol. The monoisotopic (exact) mass is 255 g/mol. The van der Waals surface area contributed by atoms with Crippen molar-refractivity contribution in [2.24, 2.45) is 0 Å². The molecule has 0 unspecified atom stereocenters. The van der Waals surface area contributed by atoms with Crippen molar-refractivity contribution >= 4 is 17.4 Å². The second-order valence-electron chi connectivity index (χ2n) is 3.73. The van der Waals surface area contributed by atoms with Gasteiger partial charge in [0.05, 0.1) is 16.7 Å². The number of hydrogen-bond donors (Lipinski definition) is 1. The van der Waals surface area contributed by atoms with E-state index in [-0.39, 0.29) is 24.5 Å². The number of aliphatic hydroxyl groups is 1. The molecule has 2 rings (SSSR count). The van der Waals surface area contributed by atoms with Crippen molar-refractivity contribution in [3.63, 3.8) is 0 Å². The Balaban J connectivity index is 2.30. The number of amides is 2. The quantitative estimate of drug-likeness (QED) is 0.642. The zero-order chi connectivity index (χ0) is 13.3. The van der Waals surface area contributed by atoms with E-state index in [9.17, 15) is 19.3 Å². The molecule has 1 saturated heterocycles. The molecular weight excluding hydrogens is 245 g/mol. The number of nitro groups is 1. The van der Waals surface area contributed by atoms with E-state index in [0.29, 0.717) is 0 Å². The first-order valence-electron chi connectivity index (χ1n) is 5.16. The van der Waals surface area contributed by atoms with Gasteiger partial charge in [0.1, 0.15) is 6.73 Å². The van der Waals surface area contributed by atoms with Gasteiger partial charge in [0, 0.05) is 19.2 Å². The lowest BCUT2D eigenvalue weighted by molar-refractivity contribution is -0.385. The molecule has 8 heteroatoms. The van der Waals surface area contributed by atoms with Gasteiger partial charge in [-0.05, 0) is 6.07 Å². The molecule has 1 aliphatic rings. The maximum absolute atomic E-state index is 13.7. The summed E-state index contributed by atoms with van der Waals surface area (Å²) in [5.74, 6) is -0.836. The van der Waals surface area contributed by atoms with Gasteiger partial charge in [-0.1, -0.05) is 0 Å². The molecule has 7 nitrogen and oxygen atoms in total. The van der Waals surface area contributed by atoms with E-state index in [1.807, 2.05) is 0 Å². The standard InChI is InChI=1S/C10H10FN3O4/c11-8-5-7(14(17)18)1-2-9(8)13-4-3-12(6-15)10(13)16/h1-2,5,15H,3-4,6H2. The predicted octanol–water partition coefficient (Wildman–Crippen LogP) is 0.926. The van der Waals surface area contributed by atoms with Crippen LogP contribution in [0.5, 0.6) is 0 Å². The molecule has 1 aromatic rings. The molecule has 1 aliphatic heterocycles. The fourth-order valence-corrected chi connectivity index (χ4v) is 1.77. The first kappa shape index (κ1) is 12.2. The van der Waals surface area contributed by atoms with Crippen LogP contribution in [0.3, 0.4) is 0 Å². The average Bonchev–Trinajstić information content (AvgIpc) is 2.70. The number of benzene rings is 1. The fourth-order valence-electron chi connectivity index (χ4n) is 1.77. The molecule has 0 spiro atoms. The van der Waals surface area contributed by atoms with E-state index < -0.39 is 23.5 Å². The summed E-state index contributed by atoms with van der Waals surface area (Å²) in [6.07, 6.45) is 0. The summed E-state index contributed by atoms with van der Waals surface area (Å²) < 4.78 is 13.7. The van der Waals surface area contributed by atoms with Crippen molar-refractivity contribution in [3.8, 4) is 0 Å². The zero-order valence-corrected chi connectivity index (χ0v) is 9.24. The molecule has 1 aromatic carbocycles. The normalized spacial score (nSPS) is 15.3. The van der Waals surface area contributed by atoms with Crippen LogP contribution >= 0.6 is 0 Å². The van der Waals surface area contributed by atoms with Gasteiger partial charge in [-0.3, -0.25) is 19.9 Å². The maximum atomic E-state index is 13.7. The van der Waals surface area contributed by atoms with E-state index in [4.69, 9.17) is 5.11 Å². The Kier molecular flexibility index (Phi) is 3.11. The Bertz CT molecular complexity index is 508. The lowest BCUT2D eigenvalue weighted by Crippen LogP contribution is -2.32. The van der Waals surface area contributed by atoms with Gasteiger partial charge in [0.25, 0.3) is 5.69 Å². The first-order chi connectivity index (χ1) is 8.54. The van der Waals surface area contributed by atoms with Crippen molar-refractivity contribution in [2.45, 2.75) is 0 Å². The number of carbonyl (C=O) groups excluding carboxylic acids is 1. The molecule has 2 amide bonds. The third-order valence-electron chi connectivity index (χ3n) is 2.70. The van der Waals surface area contributed by atoms with Gasteiger partial charge in [-0.2, -0.15) is 0 Å². The Labute approximate surface area is 101 Å². The van der Waals surface area contributed by atoms with Crippen LogP contribution in [0.25, 0.3) is 0 Å². The van der Waals surface area contributed by atoms with Gasteiger partial charge < -0.3 is 5.11 Å². The van der Waals surface area contributed by atoms with Gasteiger partial charge >= 0.3 is 6.03 Å². The first-order valence-corrected chi connectivity index (χ1v) is 5.16. The average molecular weight is 255 g/mol. The summed E-state index contributed by atoms with van der Waals surface area (Å²) in [4.78, 5) is 23.7. The van der Waals surface area contributed by atoms with Crippen LogP contribution in [0.15, 0.2) is 18.2 Å². The maximum Gasteiger partial charge on any atom is 0.326 e. The number of nitrogens with zero attached hydrogens (tertiary/aromatic N) is 3. The summed E-state index contributed by atoms with van der Waals surface area (Å²) in [6.45, 7) is 0.0732. The zero-order valence-electron chi connectivity index (χ0n) is 9.24. The minimum absolute atomic E-state index is 0.0263. The minimum Gasteiger partial charge on any atom is -0.376 e. The van der Waals surface area contributed by atoms with Crippen molar-refractivity contribution < 1.29 is 19.2 Å². The largest absolute Gasteiger partial charge is 0.376 e. The number of halogens is 1. The van der Waals surface area contributed by atoms with Crippen molar-refractivity contribution in [1.82, 2.24) is 4.90 Å². The van der Waals surface area contributed by atoms with Gasteiger partial charge in [0.15, 0.2) is 5.82 Å². The number of nitro benzene ring substituents is 1. The molecular formula is C10H10FN3O4. The summed E-state index contributed by atoms with van der Waals surface area (Å²) in [6, 6.07) is 2.56. The molecule has 1 N–H and O–H groups in total. The van der Waals surface area contributed by atoms with Crippen LogP contribution < -0.4 is 4.90 Å². The Morgan fingerprint density at radius 3 is 2.67 bits per heavy atom. The number of hydrogen-bond acceptors (Lipinski definition) is 4. The number of rotatable bonds is 3. The highest BCUT2D eigenvalue weighted by Gasteiger charge is 2.31. The van der Waals surface area contributed by atoms with Crippen molar-refractivity contribution in [3.05, 3.63) is 34.1 Å². The molecule has 0 aromatic heterocycles. The number of aliphatic hydroxyl groups excluding tert-OH is 1. The molecule has 1 fully saturated rings. The fraction of sp³-hybridized carbons (Fsp3) is 0.300. The van der Waals surface area contributed by atoms with Crippen LogP contribution in [0.2, 0.25) is 0 Å². The minimum atomic E-state index is -0.836. The summed E-state index contributed by atoms with van der Waals surface area (Å²) in [7, 11) is 0. The lowest BCUT2D eigenvalue weighted by Gasteiger charge is -2.17. The third kappa shape index (κ3) is 1.97. The van der Waals surface area contributed by atoms with E-state index in [0.717, 1.165) is 21.9 Å². The Morgan fingerprint density at radius 1 is 1.44 bits per heavy atom. The molecule has 0 aliphatic carbocycles. The van der Waals surface area contributed by atoms with Crippen LogP contribution in [-0.4, -0.2) is 40.8 Å². The summed E-state index contributed by atoms with van der Waals surface area (Å²) in [5.41, 5.74) is -0.400. The van der Waals surface area contributed by atoms with Gasteiger partial charge in [-0.25, -0.2) is 9.18 Å². The second-order valence-corrected chi connectivity index (χ2v) is 3.73. The molecule has 0 saturated carbocycles. The highest BCUT2D eigenvalue weighted by Crippen LogP contribution is 2.26. The lowest BCUT2D eigenvalue weighted by atomic mass is 10.2. The summed E-state index contributed by atoms with van der Waals surface area (Å²) in [5, 5.41) is 19.3. The molecule has 96 valence electrons. The molecule has 0 bridgehead atoms. The van der Waals surface area contributed by atoms with Crippen LogP contribution in [0.1, 0.15) is 0 Å².